The summed E-state index contributed by atoms with van der Waals surface area (Å²) < 4.78 is 5.25. The highest BCUT2D eigenvalue weighted by atomic mass is 16.5. The molecule has 0 saturated carbocycles. The van der Waals surface area contributed by atoms with E-state index in [4.69, 9.17) is 4.74 Å². The van der Waals surface area contributed by atoms with E-state index in [1.165, 1.54) is 6.33 Å². The minimum absolute atomic E-state index is 0.483. The number of hydrogen-bond donors (Lipinski definition) is 3. The third-order valence-corrected chi connectivity index (χ3v) is 3.33. The zero-order chi connectivity index (χ0) is 13.0. The molecule has 1 aliphatic heterocycles. The summed E-state index contributed by atoms with van der Waals surface area (Å²) in [5.74, 6) is 1.56. The number of rotatable bonds is 4. The molecule has 0 radical (unpaired) electrons. The molecule has 0 unspecified atom stereocenters. The molecule has 1 aromatic heterocycles. The summed E-state index contributed by atoms with van der Waals surface area (Å²) in [6, 6.07) is 0. The molecule has 2 rings (SSSR count). The fraction of sp³-hybridized carbons (Fsp3) is 0.667. The monoisotopic (exact) mass is 252 g/mol. The fourth-order valence-electron chi connectivity index (χ4n) is 2.06. The van der Waals surface area contributed by atoms with Crippen molar-refractivity contribution in [1.29, 1.82) is 0 Å². The van der Waals surface area contributed by atoms with E-state index in [-0.39, 0.29) is 0 Å². The molecule has 1 fully saturated rings. The highest BCUT2D eigenvalue weighted by Crippen LogP contribution is 2.23. The van der Waals surface area contributed by atoms with Gasteiger partial charge >= 0.3 is 0 Å². The highest BCUT2D eigenvalue weighted by molar-refractivity contribution is 5.56. The average Bonchev–Trinajstić information content (AvgIpc) is 2.38. The second kappa shape index (κ2) is 5.49. The van der Waals surface area contributed by atoms with E-state index in [9.17, 15) is 5.11 Å². The number of ether oxygens (including phenoxy) is 1. The lowest BCUT2D eigenvalue weighted by atomic mass is 9.94. The van der Waals surface area contributed by atoms with Gasteiger partial charge in [0.25, 0.3) is 0 Å². The Morgan fingerprint density at radius 3 is 2.67 bits per heavy atom. The molecule has 1 saturated heterocycles. The summed E-state index contributed by atoms with van der Waals surface area (Å²) in [7, 11) is 1.82. The van der Waals surface area contributed by atoms with Gasteiger partial charge in [-0.25, -0.2) is 9.97 Å². The molecule has 1 aromatic rings. The van der Waals surface area contributed by atoms with Crippen LogP contribution in [0.4, 0.5) is 11.6 Å². The smallest absolute Gasteiger partial charge is 0.134 e. The molecular formula is C12H20N4O2. The van der Waals surface area contributed by atoms with Gasteiger partial charge in [0.2, 0.25) is 0 Å². The minimum Gasteiger partial charge on any atom is -0.388 e. The van der Waals surface area contributed by atoms with Crippen molar-refractivity contribution >= 4 is 11.6 Å². The zero-order valence-electron chi connectivity index (χ0n) is 10.9. The third kappa shape index (κ3) is 2.88. The fourth-order valence-corrected chi connectivity index (χ4v) is 2.06. The molecule has 0 amide bonds. The van der Waals surface area contributed by atoms with Gasteiger partial charge in [-0.1, -0.05) is 0 Å². The molecule has 0 bridgehead atoms. The Morgan fingerprint density at radius 1 is 1.33 bits per heavy atom. The predicted molar refractivity (Wildman–Crippen MR) is 69.8 cm³/mol. The van der Waals surface area contributed by atoms with Crippen molar-refractivity contribution in [2.24, 2.45) is 0 Å². The standard InChI is InChI=1S/C12H20N4O2/c1-9-10(13-2)15-8-16-11(9)14-7-12(17)3-5-18-6-4-12/h8,17H,3-7H2,1-2H3,(H2,13,14,15,16). The van der Waals surface area contributed by atoms with Crippen LogP contribution in [-0.4, -0.2) is 47.5 Å². The van der Waals surface area contributed by atoms with Crippen molar-refractivity contribution in [3.05, 3.63) is 11.9 Å². The Morgan fingerprint density at radius 2 is 2.00 bits per heavy atom. The van der Waals surface area contributed by atoms with Crippen LogP contribution in [-0.2, 0) is 4.74 Å². The van der Waals surface area contributed by atoms with Crippen LogP contribution in [0.1, 0.15) is 18.4 Å². The Labute approximate surface area is 107 Å². The number of nitrogens with one attached hydrogen (secondary N) is 2. The molecule has 100 valence electrons. The van der Waals surface area contributed by atoms with Crippen molar-refractivity contribution in [3.63, 3.8) is 0 Å². The summed E-state index contributed by atoms with van der Waals surface area (Å²) in [5.41, 5.74) is 0.255. The van der Waals surface area contributed by atoms with E-state index < -0.39 is 5.60 Å². The molecule has 6 heteroatoms. The number of nitrogens with zero attached hydrogens (tertiary/aromatic N) is 2. The van der Waals surface area contributed by atoms with Crippen molar-refractivity contribution in [2.75, 3.05) is 37.4 Å². The maximum atomic E-state index is 10.3. The quantitative estimate of drug-likeness (QED) is 0.735. The van der Waals surface area contributed by atoms with Crippen molar-refractivity contribution in [2.45, 2.75) is 25.4 Å². The number of aromatic nitrogens is 2. The van der Waals surface area contributed by atoms with Gasteiger partial charge in [-0.15, -0.1) is 0 Å². The normalized spacial score (nSPS) is 18.4. The van der Waals surface area contributed by atoms with Gasteiger partial charge in [0.1, 0.15) is 18.0 Å². The van der Waals surface area contributed by atoms with E-state index in [0.29, 0.717) is 32.6 Å². The predicted octanol–water partition coefficient (Wildman–Crippen LogP) is 0.780. The Balaban J connectivity index is 2.01. The van der Waals surface area contributed by atoms with Gasteiger partial charge in [0.15, 0.2) is 0 Å². The van der Waals surface area contributed by atoms with E-state index >= 15 is 0 Å². The molecule has 2 heterocycles. The Bertz CT molecular complexity index is 405. The van der Waals surface area contributed by atoms with Gasteiger partial charge in [0.05, 0.1) is 5.60 Å². The lowest BCUT2D eigenvalue weighted by Crippen LogP contribution is -2.42. The average molecular weight is 252 g/mol. The first-order chi connectivity index (χ1) is 8.64. The van der Waals surface area contributed by atoms with Crippen LogP contribution >= 0.6 is 0 Å². The summed E-state index contributed by atoms with van der Waals surface area (Å²) in [6.45, 7) is 3.66. The van der Waals surface area contributed by atoms with Gasteiger partial charge in [-0.3, -0.25) is 0 Å². The van der Waals surface area contributed by atoms with E-state index in [1.807, 2.05) is 14.0 Å². The first kappa shape index (κ1) is 13.0. The summed E-state index contributed by atoms with van der Waals surface area (Å²) in [6.07, 6.45) is 2.82. The minimum atomic E-state index is -0.699. The lowest BCUT2D eigenvalue weighted by molar-refractivity contribution is -0.0543. The SMILES string of the molecule is CNc1ncnc(NCC2(O)CCOCC2)c1C. The van der Waals surface area contributed by atoms with Crippen molar-refractivity contribution in [1.82, 2.24) is 9.97 Å². The lowest BCUT2D eigenvalue weighted by Gasteiger charge is -2.32. The third-order valence-electron chi connectivity index (χ3n) is 3.33. The van der Waals surface area contributed by atoms with Crippen molar-refractivity contribution in [3.8, 4) is 0 Å². The van der Waals surface area contributed by atoms with Gasteiger partial charge in [-0.05, 0) is 6.92 Å². The number of aliphatic hydroxyl groups is 1. The summed E-state index contributed by atoms with van der Waals surface area (Å²) in [4.78, 5) is 8.32. The molecule has 1 aliphatic rings. The van der Waals surface area contributed by atoms with Gasteiger partial charge in [-0.2, -0.15) is 0 Å². The number of hydrogen-bond acceptors (Lipinski definition) is 6. The maximum absolute atomic E-state index is 10.3. The zero-order valence-corrected chi connectivity index (χ0v) is 10.9. The Hall–Kier alpha value is -1.40. The molecule has 0 atom stereocenters. The Kier molecular flexibility index (Phi) is 3.98. The van der Waals surface area contributed by atoms with Crippen LogP contribution in [0.2, 0.25) is 0 Å². The molecule has 0 aromatic carbocycles. The van der Waals surface area contributed by atoms with E-state index in [1.54, 1.807) is 0 Å². The first-order valence-corrected chi connectivity index (χ1v) is 6.18. The highest BCUT2D eigenvalue weighted by Gasteiger charge is 2.29. The number of anilines is 2. The topological polar surface area (TPSA) is 79.3 Å². The van der Waals surface area contributed by atoms with Crippen LogP contribution in [0.3, 0.4) is 0 Å². The maximum Gasteiger partial charge on any atom is 0.134 e. The van der Waals surface area contributed by atoms with E-state index in [2.05, 4.69) is 20.6 Å². The molecule has 18 heavy (non-hydrogen) atoms. The molecule has 3 N–H and O–H groups in total. The molecule has 0 aliphatic carbocycles. The van der Waals surface area contributed by atoms with Gasteiger partial charge < -0.3 is 20.5 Å². The summed E-state index contributed by atoms with van der Waals surface area (Å²) in [5, 5.41) is 16.6. The molecule has 0 spiro atoms. The molecular weight excluding hydrogens is 232 g/mol. The second-order valence-electron chi connectivity index (χ2n) is 4.64. The van der Waals surface area contributed by atoms with Crippen LogP contribution in [0.15, 0.2) is 6.33 Å². The van der Waals surface area contributed by atoms with Crippen LogP contribution in [0.5, 0.6) is 0 Å². The first-order valence-electron chi connectivity index (χ1n) is 6.18. The summed E-state index contributed by atoms with van der Waals surface area (Å²) >= 11 is 0. The van der Waals surface area contributed by atoms with Crippen LogP contribution < -0.4 is 10.6 Å². The van der Waals surface area contributed by atoms with Gasteiger partial charge in [0, 0.05) is 45.2 Å². The van der Waals surface area contributed by atoms with Crippen LogP contribution in [0.25, 0.3) is 0 Å². The van der Waals surface area contributed by atoms with E-state index in [0.717, 1.165) is 17.2 Å². The molecule has 6 nitrogen and oxygen atoms in total. The largest absolute Gasteiger partial charge is 0.388 e. The van der Waals surface area contributed by atoms with Crippen molar-refractivity contribution < 1.29 is 9.84 Å². The van der Waals surface area contributed by atoms with Crippen LogP contribution in [0, 0.1) is 6.92 Å². The second-order valence-corrected chi connectivity index (χ2v) is 4.64.